The Morgan fingerprint density at radius 2 is 2.00 bits per heavy atom. The zero-order valence-electron chi connectivity index (χ0n) is 7.58. The molecule has 0 aromatic heterocycles. The lowest BCUT2D eigenvalue weighted by Gasteiger charge is -2.10. The number of halogens is 2. The summed E-state index contributed by atoms with van der Waals surface area (Å²) in [6, 6.07) is 1.15. The standard InChI is InChI=1S/C9H9F2NO3/c10-6-2-5(9(14)15)7(11)1-4(6)8(13)3-12/h1-2,8,13H,3,12H2,(H,14,15). The largest absolute Gasteiger partial charge is 0.478 e. The first-order valence-corrected chi connectivity index (χ1v) is 4.07. The van der Waals surface area contributed by atoms with Crippen LogP contribution in [0.5, 0.6) is 0 Å². The van der Waals surface area contributed by atoms with Crippen molar-refractivity contribution in [3.63, 3.8) is 0 Å². The van der Waals surface area contributed by atoms with E-state index in [1.165, 1.54) is 0 Å². The molecule has 6 heteroatoms. The average Bonchev–Trinajstić information content (AvgIpc) is 2.19. The van der Waals surface area contributed by atoms with E-state index in [1.807, 2.05) is 0 Å². The topological polar surface area (TPSA) is 83.5 Å². The van der Waals surface area contributed by atoms with E-state index in [9.17, 15) is 18.7 Å². The first kappa shape index (κ1) is 11.5. The monoisotopic (exact) mass is 217 g/mol. The Morgan fingerprint density at radius 1 is 1.40 bits per heavy atom. The van der Waals surface area contributed by atoms with Gasteiger partial charge in [-0.15, -0.1) is 0 Å². The lowest BCUT2D eigenvalue weighted by molar-refractivity contribution is 0.0690. The van der Waals surface area contributed by atoms with Gasteiger partial charge in [0.2, 0.25) is 0 Å². The van der Waals surface area contributed by atoms with Gasteiger partial charge in [-0.1, -0.05) is 0 Å². The Kier molecular flexibility index (Phi) is 3.33. The Hall–Kier alpha value is -1.53. The summed E-state index contributed by atoms with van der Waals surface area (Å²) in [5.41, 5.74) is 3.94. The Bertz CT molecular complexity index is 395. The van der Waals surface area contributed by atoms with Crippen LogP contribution < -0.4 is 5.73 Å². The molecule has 1 rings (SSSR count). The van der Waals surface area contributed by atoms with Gasteiger partial charge in [0, 0.05) is 12.1 Å². The van der Waals surface area contributed by atoms with Crippen molar-refractivity contribution in [3.8, 4) is 0 Å². The van der Waals surface area contributed by atoms with Crippen molar-refractivity contribution in [2.45, 2.75) is 6.10 Å². The van der Waals surface area contributed by atoms with E-state index in [0.29, 0.717) is 12.1 Å². The fourth-order valence-corrected chi connectivity index (χ4v) is 1.11. The highest BCUT2D eigenvalue weighted by Gasteiger charge is 2.18. The van der Waals surface area contributed by atoms with Crippen LogP contribution in [0.15, 0.2) is 12.1 Å². The molecule has 0 aliphatic carbocycles. The van der Waals surface area contributed by atoms with Gasteiger partial charge in [-0.05, 0) is 12.1 Å². The van der Waals surface area contributed by atoms with Crippen molar-refractivity contribution >= 4 is 5.97 Å². The summed E-state index contributed by atoms with van der Waals surface area (Å²) in [6.07, 6.45) is -1.35. The SMILES string of the molecule is NCC(O)c1cc(F)c(C(=O)O)cc1F. The number of carboxylic acid groups (broad SMARTS) is 1. The van der Waals surface area contributed by atoms with Crippen LogP contribution in [0, 0.1) is 11.6 Å². The summed E-state index contributed by atoms with van der Waals surface area (Å²) in [7, 11) is 0. The van der Waals surface area contributed by atoms with Gasteiger partial charge in [0.1, 0.15) is 11.6 Å². The second-order valence-corrected chi connectivity index (χ2v) is 2.91. The van der Waals surface area contributed by atoms with E-state index in [-0.39, 0.29) is 12.1 Å². The van der Waals surface area contributed by atoms with E-state index in [2.05, 4.69) is 0 Å². The lowest BCUT2D eigenvalue weighted by atomic mass is 10.1. The average molecular weight is 217 g/mol. The molecule has 0 fully saturated rings. The number of aliphatic hydroxyl groups excluding tert-OH is 1. The minimum absolute atomic E-state index is 0.275. The third kappa shape index (κ3) is 2.28. The fourth-order valence-electron chi connectivity index (χ4n) is 1.11. The van der Waals surface area contributed by atoms with Crippen LogP contribution >= 0.6 is 0 Å². The number of hydrogen-bond donors (Lipinski definition) is 3. The van der Waals surface area contributed by atoms with Crippen LogP contribution in [-0.4, -0.2) is 22.7 Å². The molecule has 0 saturated carbocycles. The van der Waals surface area contributed by atoms with Crippen LogP contribution in [0.4, 0.5) is 8.78 Å². The molecule has 0 aliphatic rings. The van der Waals surface area contributed by atoms with Gasteiger partial charge in [0.05, 0.1) is 11.7 Å². The minimum Gasteiger partial charge on any atom is -0.478 e. The van der Waals surface area contributed by atoms with Crippen molar-refractivity contribution in [3.05, 3.63) is 34.9 Å². The molecule has 0 saturated heterocycles. The third-order valence-corrected chi connectivity index (χ3v) is 1.90. The number of carbonyl (C=O) groups is 1. The molecule has 1 aromatic rings. The number of aliphatic hydroxyl groups is 1. The number of carboxylic acids is 1. The van der Waals surface area contributed by atoms with Crippen LogP contribution in [0.25, 0.3) is 0 Å². The van der Waals surface area contributed by atoms with Crippen LogP contribution in [0.1, 0.15) is 22.0 Å². The number of nitrogens with two attached hydrogens (primary N) is 1. The fraction of sp³-hybridized carbons (Fsp3) is 0.222. The molecule has 0 amide bonds. The maximum absolute atomic E-state index is 13.2. The quantitative estimate of drug-likeness (QED) is 0.694. The Balaban J connectivity index is 3.25. The van der Waals surface area contributed by atoms with Crippen LogP contribution in [0.3, 0.4) is 0 Å². The summed E-state index contributed by atoms with van der Waals surface area (Å²) in [5, 5.41) is 17.7. The first-order valence-electron chi connectivity index (χ1n) is 4.07. The van der Waals surface area contributed by atoms with Gasteiger partial charge in [-0.3, -0.25) is 0 Å². The number of rotatable bonds is 3. The lowest BCUT2D eigenvalue weighted by Crippen LogP contribution is -2.14. The maximum Gasteiger partial charge on any atom is 0.338 e. The molecule has 0 heterocycles. The predicted molar refractivity (Wildman–Crippen MR) is 47.3 cm³/mol. The molecular formula is C9H9F2NO3. The van der Waals surface area contributed by atoms with Gasteiger partial charge in [-0.2, -0.15) is 0 Å². The van der Waals surface area contributed by atoms with Gasteiger partial charge >= 0.3 is 5.97 Å². The molecule has 1 unspecified atom stereocenters. The summed E-state index contributed by atoms with van der Waals surface area (Å²) in [6.45, 7) is -0.275. The Labute approximate surface area is 83.9 Å². The summed E-state index contributed by atoms with van der Waals surface area (Å²) in [4.78, 5) is 10.4. The summed E-state index contributed by atoms with van der Waals surface area (Å²) < 4.78 is 26.3. The summed E-state index contributed by atoms with van der Waals surface area (Å²) >= 11 is 0. The number of aromatic carboxylic acids is 1. The molecule has 0 aliphatic heterocycles. The van der Waals surface area contributed by atoms with E-state index in [1.54, 1.807) is 0 Å². The van der Waals surface area contributed by atoms with Crippen molar-refractivity contribution in [1.29, 1.82) is 0 Å². The normalized spacial score (nSPS) is 12.5. The van der Waals surface area contributed by atoms with E-state index in [4.69, 9.17) is 10.8 Å². The van der Waals surface area contributed by atoms with Gasteiger partial charge in [-0.25, -0.2) is 13.6 Å². The highest BCUT2D eigenvalue weighted by molar-refractivity contribution is 5.88. The van der Waals surface area contributed by atoms with E-state index < -0.39 is 29.3 Å². The Morgan fingerprint density at radius 3 is 2.47 bits per heavy atom. The van der Waals surface area contributed by atoms with Crippen molar-refractivity contribution in [1.82, 2.24) is 0 Å². The summed E-state index contributed by atoms with van der Waals surface area (Å²) in [5.74, 6) is -3.67. The van der Waals surface area contributed by atoms with Gasteiger partial charge in [0.25, 0.3) is 0 Å². The smallest absolute Gasteiger partial charge is 0.338 e. The van der Waals surface area contributed by atoms with Gasteiger partial charge < -0.3 is 15.9 Å². The second kappa shape index (κ2) is 4.33. The molecule has 1 atom stereocenters. The second-order valence-electron chi connectivity index (χ2n) is 2.91. The number of benzene rings is 1. The predicted octanol–water partition coefficient (Wildman–Crippen LogP) is 0.655. The molecule has 0 bridgehead atoms. The van der Waals surface area contributed by atoms with Crippen molar-refractivity contribution < 1.29 is 23.8 Å². The molecule has 0 spiro atoms. The highest BCUT2D eigenvalue weighted by atomic mass is 19.1. The molecule has 0 radical (unpaired) electrons. The zero-order valence-corrected chi connectivity index (χ0v) is 7.58. The molecule has 15 heavy (non-hydrogen) atoms. The van der Waals surface area contributed by atoms with E-state index in [0.717, 1.165) is 0 Å². The van der Waals surface area contributed by atoms with Crippen LogP contribution in [0.2, 0.25) is 0 Å². The number of hydrogen-bond acceptors (Lipinski definition) is 3. The molecule has 82 valence electrons. The van der Waals surface area contributed by atoms with Crippen molar-refractivity contribution in [2.24, 2.45) is 5.73 Å². The molecule has 4 N–H and O–H groups in total. The zero-order chi connectivity index (χ0) is 11.6. The first-order chi connectivity index (χ1) is 6.97. The maximum atomic E-state index is 13.2. The molecule has 1 aromatic carbocycles. The molecule has 4 nitrogen and oxygen atoms in total. The van der Waals surface area contributed by atoms with E-state index >= 15 is 0 Å². The highest BCUT2D eigenvalue weighted by Crippen LogP contribution is 2.20. The third-order valence-electron chi connectivity index (χ3n) is 1.90. The minimum atomic E-state index is -1.57. The van der Waals surface area contributed by atoms with Crippen molar-refractivity contribution in [2.75, 3.05) is 6.54 Å². The molecular weight excluding hydrogens is 208 g/mol. The van der Waals surface area contributed by atoms with Gasteiger partial charge in [0.15, 0.2) is 0 Å². The van der Waals surface area contributed by atoms with Crippen LogP contribution in [-0.2, 0) is 0 Å².